The molecule has 0 unspecified atom stereocenters. The zero-order valence-electron chi connectivity index (χ0n) is 20.7. The second kappa shape index (κ2) is 28.0. The van der Waals surface area contributed by atoms with Gasteiger partial charge in [0.25, 0.3) is 0 Å². The molecule has 29 heavy (non-hydrogen) atoms. The van der Waals surface area contributed by atoms with Crippen molar-refractivity contribution >= 4 is 0 Å². The molecule has 0 saturated heterocycles. The van der Waals surface area contributed by atoms with Crippen LogP contribution < -0.4 is 0 Å². The van der Waals surface area contributed by atoms with E-state index in [9.17, 15) is 0 Å². The van der Waals surface area contributed by atoms with Gasteiger partial charge in [0.1, 0.15) is 0 Å². The van der Waals surface area contributed by atoms with Crippen molar-refractivity contribution in [2.45, 2.75) is 174 Å². The minimum atomic E-state index is 1.07. The fourth-order valence-corrected chi connectivity index (χ4v) is 4.36. The van der Waals surface area contributed by atoms with E-state index in [2.05, 4.69) is 20.3 Å². The van der Waals surface area contributed by atoms with Crippen molar-refractivity contribution < 1.29 is 0 Å². The number of unbranched alkanes of at least 4 members (excludes halogenated alkanes) is 26. The van der Waals surface area contributed by atoms with Crippen molar-refractivity contribution in [1.29, 1.82) is 0 Å². The summed E-state index contributed by atoms with van der Waals surface area (Å²) in [7, 11) is 0. The van der Waals surface area contributed by atoms with Crippen LogP contribution in [0.3, 0.4) is 0 Å². The molecule has 0 N–H and O–H groups in total. The van der Waals surface area contributed by atoms with Gasteiger partial charge in [-0.15, -0.1) is 0 Å². The van der Waals surface area contributed by atoms with Crippen LogP contribution in [-0.4, -0.2) is 0 Å². The quantitative estimate of drug-likeness (QED) is 0.125. The van der Waals surface area contributed by atoms with Gasteiger partial charge < -0.3 is 0 Å². The first-order valence-corrected chi connectivity index (χ1v) is 14.0. The maximum atomic E-state index is 3.88. The highest BCUT2D eigenvalue weighted by atomic mass is 14.0. The summed E-state index contributed by atoms with van der Waals surface area (Å²) >= 11 is 0. The van der Waals surface area contributed by atoms with Gasteiger partial charge in [-0.3, -0.25) is 0 Å². The topological polar surface area (TPSA) is 0 Å². The van der Waals surface area contributed by atoms with Crippen molar-refractivity contribution in [2.24, 2.45) is 0 Å². The average molecular weight is 407 g/mol. The molecule has 0 rings (SSSR count). The Kier molecular flexibility index (Phi) is 28.0. The third-order valence-corrected chi connectivity index (χ3v) is 6.42. The second-order valence-electron chi connectivity index (χ2n) is 9.50. The van der Waals surface area contributed by atoms with E-state index >= 15 is 0 Å². The van der Waals surface area contributed by atoms with E-state index in [0.29, 0.717) is 0 Å². The number of rotatable bonds is 26. The molecule has 0 saturated carbocycles. The maximum absolute atomic E-state index is 3.88. The van der Waals surface area contributed by atoms with Crippen LogP contribution in [0.25, 0.3) is 0 Å². The highest BCUT2D eigenvalue weighted by molar-refractivity contribution is 4.64. The van der Waals surface area contributed by atoms with Crippen molar-refractivity contribution in [3.05, 3.63) is 13.3 Å². The Bertz CT molecular complexity index is 231. The van der Waals surface area contributed by atoms with E-state index in [-0.39, 0.29) is 0 Å². The molecular weight excluding hydrogens is 348 g/mol. The summed E-state index contributed by atoms with van der Waals surface area (Å²) in [5, 5.41) is 0. The molecule has 0 amide bonds. The number of hydrogen-bond donors (Lipinski definition) is 0. The van der Waals surface area contributed by atoms with E-state index in [1.165, 1.54) is 161 Å². The Balaban J connectivity index is 2.97. The van der Waals surface area contributed by atoms with Crippen LogP contribution in [0.4, 0.5) is 0 Å². The van der Waals surface area contributed by atoms with Crippen molar-refractivity contribution in [1.82, 2.24) is 0 Å². The van der Waals surface area contributed by atoms with E-state index in [1.54, 1.807) is 0 Å². The normalized spacial score (nSPS) is 11.4. The summed E-state index contributed by atoms with van der Waals surface area (Å²) in [5.41, 5.74) is 0. The lowest BCUT2D eigenvalue weighted by Crippen LogP contribution is -1.84. The minimum Gasteiger partial charge on any atom is -0.0654 e. The Morgan fingerprint density at radius 1 is 0.379 bits per heavy atom. The van der Waals surface area contributed by atoms with E-state index in [0.717, 1.165) is 6.42 Å². The third kappa shape index (κ3) is 28.0. The maximum Gasteiger partial charge on any atom is -0.0386 e. The summed E-state index contributed by atoms with van der Waals surface area (Å²) in [4.78, 5) is 0. The van der Waals surface area contributed by atoms with Crippen LogP contribution >= 0.6 is 0 Å². The summed E-state index contributed by atoms with van der Waals surface area (Å²) in [6, 6.07) is 0. The molecule has 2 radical (unpaired) electrons. The molecule has 174 valence electrons. The standard InChI is InChI=1S/C29H58/c1-3-5-7-9-11-13-15-17-19-21-23-25-27-29-28-26-24-22-20-18-16-14-12-10-8-6-4-2/h7H,1,3-6,8-29H2,2H3. The van der Waals surface area contributed by atoms with Crippen molar-refractivity contribution in [3.8, 4) is 0 Å². The largest absolute Gasteiger partial charge is 0.0654 e. The number of hydrogen-bond acceptors (Lipinski definition) is 0. The molecule has 0 atom stereocenters. The first kappa shape index (κ1) is 29.0. The fraction of sp³-hybridized carbons (Fsp3) is 0.931. The van der Waals surface area contributed by atoms with Crippen LogP contribution in [0.15, 0.2) is 0 Å². The lowest BCUT2D eigenvalue weighted by Gasteiger charge is -2.04. The zero-order chi connectivity index (χ0) is 21.1. The van der Waals surface area contributed by atoms with Crippen LogP contribution in [0.5, 0.6) is 0 Å². The molecule has 0 nitrogen and oxygen atoms in total. The van der Waals surface area contributed by atoms with Gasteiger partial charge >= 0.3 is 0 Å². The molecule has 0 aromatic carbocycles. The first-order chi connectivity index (χ1) is 14.4. The Labute approximate surface area is 187 Å². The molecule has 0 aliphatic heterocycles. The molecule has 0 aromatic rings. The SMILES string of the molecule is [CH2]CC[CH]CCCCCCCCCCCCCCCCCCCCCCCCC. The third-order valence-electron chi connectivity index (χ3n) is 6.42. The second-order valence-corrected chi connectivity index (χ2v) is 9.50. The summed E-state index contributed by atoms with van der Waals surface area (Å²) in [6.45, 7) is 6.19. The summed E-state index contributed by atoms with van der Waals surface area (Å²) < 4.78 is 0. The average Bonchev–Trinajstić information content (AvgIpc) is 2.74. The van der Waals surface area contributed by atoms with Gasteiger partial charge in [-0.1, -0.05) is 181 Å². The fourth-order valence-electron chi connectivity index (χ4n) is 4.36. The predicted octanol–water partition coefficient (Wildman–Crippen LogP) is 11.2. The van der Waals surface area contributed by atoms with Crippen molar-refractivity contribution in [3.63, 3.8) is 0 Å². The van der Waals surface area contributed by atoms with Gasteiger partial charge in [-0.25, -0.2) is 0 Å². The van der Waals surface area contributed by atoms with E-state index in [4.69, 9.17) is 0 Å². The molecule has 0 fully saturated rings. The van der Waals surface area contributed by atoms with Crippen molar-refractivity contribution in [2.75, 3.05) is 0 Å². The van der Waals surface area contributed by atoms with E-state index < -0.39 is 0 Å². The molecule has 0 heterocycles. The highest BCUT2D eigenvalue weighted by Gasteiger charge is 1.96. The van der Waals surface area contributed by atoms with Crippen LogP contribution in [0.1, 0.15) is 174 Å². The summed E-state index contributed by atoms with van der Waals surface area (Å²) in [5.74, 6) is 0. The predicted molar refractivity (Wildman–Crippen MR) is 135 cm³/mol. The smallest absolute Gasteiger partial charge is 0.0386 e. The Morgan fingerprint density at radius 3 is 0.931 bits per heavy atom. The lowest BCUT2D eigenvalue weighted by atomic mass is 10.0. The Hall–Kier alpha value is 0. The molecule has 0 aliphatic carbocycles. The molecule has 0 aromatic heterocycles. The lowest BCUT2D eigenvalue weighted by molar-refractivity contribution is 0.518. The highest BCUT2D eigenvalue weighted by Crippen LogP contribution is 2.15. The Morgan fingerprint density at radius 2 is 0.655 bits per heavy atom. The van der Waals surface area contributed by atoms with Gasteiger partial charge in [-0.2, -0.15) is 0 Å². The monoisotopic (exact) mass is 406 g/mol. The molecule has 0 aliphatic rings. The molecular formula is C29H58. The summed E-state index contributed by atoms with van der Waals surface area (Å²) in [6.07, 6.45) is 39.8. The van der Waals surface area contributed by atoms with Gasteiger partial charge in [-0.05, 0) is 6.42 Å². The van der Waals surface area contributed by atoms with Crippen LogP contribution in [0, 0.1) is 13.3 Å². The van der Waals surface area contributed by atoms with Gasteiger partial charge in [0.2, 0.25) is 0 Å². The van der Waals surface area contributed by atoms with E-state index in [1.807, 2.05) is 0 Å². The molecule has 0 bridgehead atoms. The van der Waals surface area contributed by atoms with Gasteiger partial charge in [0.05, 0.1) is 0 Å². The minimum absolute atomic E-state index is 1.07. The van der Waals surface area contributed by atoms with Gasteiger partial charge in [0.15, 0.2) is 0 Å². The molecule has 0 spiro atoms. The first-order valence-electron chi connectivity index (χ1n) is 14.0. The van der Waals surface area contributed by atoms with Crippen LogP contribution in [0.2, 0.25) is 0 Å². The van der Waals surface area contributed by atoms with Crippen LogP contribution in [-0.2, 0) is 0 Å². The van der Waals surface area contributed by atoms with Gasteiger partial charge in [0, 0.05) is 0 Å². The zero-order valence-corrected chi connectivity index (χ0v) is 20.7. The molecule has 0 heteroatoms.